The van der Waals surface area contributed by atoms with Gasteiger partial charge < -0.3 is 9.47 Å². The van der Waals surface area contributed by atoms with Gasteiger partial charge in [-0.05, 0) is 54.6 Å². The van der Waals surface area contributed by atoms with E-state index in [1.165, 1.54) is 11.5 Å². The highest BCUT2D eigenvalue weighted by Crippen LogP contribution is 2.56. The predicted octanol–water partition coefficient (Wildman–Crippen LogP) is 12.2. The van der Waals surface area contributed by atoms with E-state index in [1.54, 1.807) is 23.1 Å². The van der Waals surface area contributed by atoms with Crippen molar-refractivity contribution in [2.45, 2.75) is 9.79 Å². The molecule has 7 aromatic carbocycles. The van der Waals surface area contributed by atoms with Gasteiger partial charge in [0.1, 0.15) is 24.3 Å². The third-order valence-electron chi connectivity index (χ3n) is 10.1. The molecular weight excluding hydrogens is 701 g/mol. The van der Waals surface area contributed by atoms with Gasteiger partial charge in [-0.2, -0.15) is 21.0 Å². The molecule has 0 spiro atoms. The molecule has 3 heterocycles. The summed E-state index contributed by atoms with van der Waals surface area (Å²) in [6.07, 6.45) is 0. The van der Waals surface area contributed by atoms with Crippen LogP contribution in [0.2, 0.25) is 0 Å². The summed E-state index contributed by atoms with van der Waals surface area (Å²) in [6.45, 7) is 0. The van der Waals surface area contributed by atoms with Crippen molar-refractivity contribution in [3.8, 4) is 41.1 Å². The summed E-state index contributed by atoms with van der Waals surface area (Å²) < 4.78 is 4.25. The molecule has 54 heavy (non-hydrogen) atoms. The number of rotatable bonds is 3. The number of para-hydroxylation sites is 3. The highest BCUT2D eigenvalue weighted by atomic mass is 32.2. The second-order valence-corrected chi connectivity index (χ2v) is 15.0. The maximum Gasteiger partial charge on any atom is 0.101 e. The normalized spacial score (nSPS) is 11.9. The number of anilines is 3. The van der Waals surface area contributed by atoms with E-state index in [4.69, 9.17) is 0 Å². The Morgan fingerprint density at radius 3 is 1.87 bits per heavy atom. The third-order valence-corrected chi connectivity index (χ3v) is 12.5. The second kappa shape index (κ2) is 12.1. The summed E-state index contributed by atoms with van der Waals surface area (Å²) in [4.78, 5) is 4.63. The Morgan fingerprint density at radius 2 is 1.11 bits per heavy atom. The number of fused-ring (bicyclic) bond motifs is 8. The van der Waals surface area contributed by atoms with Crippen molar-refractivity contribution in [3.05, 3.63) is 156 Å². The molecule has 1 aliphatic heterocycles. The molecule has 0 unspecified atom stereocenters. The number of benzene rings is 7. The Balaban J connectivity index is 1.27. The van der Waals surface area contributed by atoms with Gasteiger partial charge in [0.15, 0.2) is 0 Å². The van der Waals surface area contributed by atoms with Gasteiger partial charge in [-0.25, -0.2) is 0 Å². The SMILES string of the molecule is N#Cc1cc(C#N)c(C#N)c(-c2cccc3c2sc2c(N4c5ccccc5Sc5cc6c(cc54)c4ccccc4n6-c4ccccc4)cccc23)c1C#N. The molecule has 6 nitrogen and oxygen atoms in total. The molecule has 248 valence electrons. The summed E-state index contributed by atoms with van der Waals surface area (Å²) in [5.74, 6) is 0. The minimum atomic E-state index is 0.0702. The molecule has 0 saturated heterocycles. The summed E-state index contributed by atoms with van der Waals surface area (Å²) in [6, 6.07) is 54.1. The first-order chi connectivity index (χ1) is 26.6. The molecule has 0 bridgehead atoms. The van der Waals surface area contributed by atoms with Gasteiger partial charge in [0.05, 0.1) is 55.0 Å². The van der Waals surface area contributed by atoms with Crippen LogP contribution < -0.4 is 4.90 Å². The van der Waals surface area contributed by atoms with Crippen molar-refractivity contribution >= 4 is 82.1 Å². The number of nitrogens with zero attached hydrogens (tertiary/aromatic N) is 6. The van der Waals surface area contributed by atoms with Gasteiger partial charge in [0.25, 0.3) is 0 Å². The van der Waals surface area contributed by atoms with Crippen LogP contribution in [0, 0.1) is 45.3 Å². The average molecular weight is 723 g/mol. The van der Waals surface area contributed by atoms with E-state index in [0.717, 1.165) is 69.1 Å². The van der Waals surface area contributed by atoms with Crippen molar-refractivity contribution in [2.24, 2.45) is 0 Å². The Hall–Kier alpha value is -7.33. The molecule has 10 rings (SSSR count). The highest BCUT2D eigenvalue weighted by Gasteiger charge is 2.29. The van der Waals surface area contributed by atoms with Gasteiger partial charge in [0, 0.05) is 52.9 Å². The van der Waals surface area contributed by atoms with Crippen LogP contribution in [0.25, 0.3) is 58.8 Å². The van der Waals surface area contributed by atoms with Crippen LogP contribution in [0.5, 0.6) is 0 Å². The van der Waals surface area contributed by atoms with E-state index in [9.17, 15) is 21.0 Å². The topological polar surface area (TPSA) is 103 Å². The van der Waals surface area contributed by atoms with Crippen molar-refractivity contribution in [1.82, 2.24) is 4.57 Å². The van der Waals surface area contributed by atoms with Crippen LogP contribution in [-0.4, -0.2) is 4.57 Å². The molecule has 9 aromatic rings. The van der Waals surface area contributed by atoms with Gasteiger partial charge in [-0.1, -0.05) is 90.6 Å². The van der Waals surface area contributed by atoms with Crippen molar-refractivity contribution in [3.63, 3.8) is 0 Å². The molecule has 1 aliphatic rings. The monoisotopic (exact) mass is 722 g/mol. The Kier molecular flexibility index (Phi) is 7.06. The Labute approximate surface area is 317 Å². The lowest BCUT2D eigenvalue weighted by Gasteiger charge is -2.33. The molecule has 0 radical (unpaired) electrons. The van der Waals surface area contributed by atoms with Crippen LogP contribution in [-0.2, 0) is 0 Å². The standard InChI is InChI=1S/C46H22N6S2/c47-23-27-20-28(24-48)36(26-50)44(35(27)25-49)33-15-8-13-31-32-14-9-18-39(46(32)54-45(31)33)52-38-17-6-7-19-42(38)53-43-22-40-34(21-41(43)52)30-12-4-5-16-37(30)51(40)29-10-2-1-3-11-29/h1-22H. The Bertz CT molecular complexity index is 3210. The van der Waals surface area contributed by atoms with E-state index in [-0.39, 0.29) is 22.3 Å². The number of nitriles is 4. The first-order valence-electron chi connectivity index (χ1n) is 17.1. The fourth-order valence-electron chi connectivity index (χ4n) is 7.87. The van der Waals surface area contributed by atoms with Crippen molar-refractivity contribution in [2.75, 3.05) is 4.90 Å². The van der Waals surface area contributed by atoms with Gasteiger partial charge >= 0.3 is 0 Å². The lowest BCUT2D eigenvalue weighted by molar-refractivity contribution is 1.15. The number of aromatic nitrogens is 1. The minimum Gasteiger partial charge on any atom is -0.309 e. The van der Waals surface area contributed by atoms with E-state index >= 15 is 0 Å². The second-order valence-electron chi connectivity index (χ2n) is 12.9. The summed E-state index contributed by atoms with van der Waals surface area (Å²) in [5.41, 5.74) is 7.82. The van der Waals surface area contributed by atoms with Crippen molar-refractivity contribution in [1.29, 1.82) is 21.0 Å². The fourth-order valence-corrected chi connectivity index (χ4v) is 10.3. The zero-order chi connectivity index (χ0) is 36.5. The molecule has 2 aromatic heterocycles. The lowest BCUT2D eigenvalue weighted by atomic mass is 9.88. The third kappa shape index (κ3) is 4.43. The fraction of sp³-hybridized carbons (Fsp3) is 0. The van der Waals surface area contributed by atoms with E-state index in [0.29, 0.717) is 11.1 Å². The number of hydrogen-bond donors (Lipinski definition) is 0. The van der Waals surface area contributed by atoms with E-state index in [2.05, 4.69) is 143 Å². The predicted molar refractivity (Wildman–Crippen MR) is 217 cm³/mol. The zero-order valence-electron chi connectivity index (χ0n) is 28.2. The van der Waals surface area contributed by atoms with Gasteiger partial charge in [-0.3, -0.25) is 0 Å². The number of hydrogen-bond acceptors (Lipinski definition) is 7. The van der Waals surface area contributed by atoms with Crippen molar-refractivity contribution < 1.29 is 0 Å². The largest absolute Gasteiger partial charge is 0.309 e. The zero-order valence-corrected chi connectivity index (χ0v) is 29.8. The summed E-state index contributed by atoms with van der Waals surface area (Å²) >= 11 is 3.36. The van der Waals surface area contributed by atoms with E-state index in [1.807, 2.05) is 18.2 Å². The molecule has 0 amide bonds. The summed E-state index contributed by atoms with van der Waals surface area (Å²) in [7, 11) is 0. The van der Waals surface area contributed by atoms with Crippen LogP contribution >= 0.6 is 23.1 Å². The lowest BCUT2D eigenvalue weighted by Crippen LogP contribution is -2.15. The molecule has 0 N–H and O–H groups in total. The van der Waals surface area contributed by atoms with E-state index < -0.39 is 0 Å². The average Bonchev–Trinajstić information content (AvgIpc) is 3.77. The molecule has 0 fully saturated rings. The van der Waals surface area contributed by atoms with Gasteiger partial charge in [-0.15, -0.1) is 11.3 Å². The highest BCUT2D eigenvalue weighted by molar-refractivity contribution is 7.99. The minimum absolute atomic E-state index is 0.0702. The Morgan fingerprint density at radius 1 is 0.463 bits per heavy atom. The molecular formula is C46H22N6S2. The first kappa shape index (κ1) is 31.4. The summed E-state index contributed by atoms with van der Waals surface area (Å²) in [5, 5.41) is 44.8. The maximum absolute atomic E-state index is 10.3. The number of thiophene rings is 1. The van der Waals surface area contributed by atoms with Crippen LogP contribution in [0.15, 0.2) is 143 Å². The first-order valence-corrected chi connectivity index (χ1v) is 18.7. The molecule has 8 heteroatoms. The van der Waals surface area contributed by atoms with Crippen LogP contribution in [0.1, 0.15) is 22.3 Å². The van der Waals surface area contributed by atoms with Crippen LogP contribution in [0.4, 0.5) is 17.1 Å². The maximum atomic E-state index is 10.3. The molecule has 0 saturated carbocycles. The smallest absolute Gasteiger partial charge is 0.101 e. The molecule has 0 atom stereocenters. The molecule has 0 aliphatic carbocycles. The quantitative estimate of drug-likeness (QED) is 0.180. The van der Waals surface area contributed by atoms with Gasteiger partial charge in [0.2, 0.25) is 0 Å². The van der Waals surface area contributed by atoms with Crippen LogP contribution in [0.3, 0.4) is 0 Å².